The van der Waals surface area contributed by atoms with E-state index in [-0.39, 0.29) is 148 Å². The summed E-state index contributed by atoms with van der Waals surface area (Å²) in [5, 5.41) is 0. The van der Waals surface area contributed by atoms with Crippen molar-refractivity contribution < 1.29 is 19.5 Å². The number of hydrogen-bond donors (Lipinski definition) is 0. The Morgan fingerprint density at radius 3 is 1.00 bits per heavy atom. The van der Waals surface area contributed by atoms with Crippen LogP contribution >= 0.6 is 0 Å². The molecule has 5 heteroatoms. The second-order valence-electron chi connectivity index (χ2n) is 0. The van der Waals surface area contributed by atoms with Crippen molar-refractivity contribution >= 4 is 128 Å². The third-order valence-corrected chi connectivity index (χ3v) is 0. The summed E-state index contributed by atoms with van der Waals surface area (Å²) in [6.07, 6.45) is 0. The molecule has 20 valence electrons. The molecular weight excluding hydrogens is 409 g/mol. The van der Waals surface area contributed by atoms with Gasteiger partial charge in [-0.05, 0) is 0 Å². The smallest absolute Gasteiger partial charge is 0 e. The van der Waals surface area contributed by atoms with Gasteiger partial charge in [0.05, 0.1) is 0 Å². The third kappa shape index (κ3) is 17.7. The van der Waals surface area contributed by atoms with E-state index in [1.807, 2.05) is 0 Å². The SMILES string of the molecule is [BiH3].[CaH2].[LiH].[SrH2].[Zn]. The summed E-state index contributed by atoms with van der Waals surface area (Å²) < 4.78 is 0. The summed E-state index contributed by atoms with van der Waals surface area (Å²) >= 11 is 0. The minimum atomic E-state index is 0. The van der Waals surface area contributed by atoms with Crippen molar-refractivity contribution in [2.24, 2.45) is 0 Å². The molecule has 0 nitrogen and oxygen atoms in total. The first-order valence-electron chi connectivity index (χ1n) is 0. The molecule has 0 spiro atoms. The quantitative estimate of drug-likeness (QED) is 0.357. The minimum Gasteiger partial charge on any atom is 0 e. The average molecular weight is 417 g/mol. The number of rotatable bonds is 0. The predicted octanol–water partition coefficient (Wildman–Crippen LogP) is -3.67. The van der Waals surface area contributed by atoms with Gasteiger partial charge in [0.25, 0.3) is 0 Å². The molecule has 0 fully saturated rings. The van der Waals surface area contributed by atoms with E-state index in [1.165, 1.54) is 0 Å². The van der Waals surface area contributed by atoms with Gasteiger partial charge in [-0.3, -0.25) is 0 Å². The van der Waals surface area contributed by atoms with Gasteiger partial charge in [-0.15, -0.1) is 0 Å². The molecule has 0 saturated heterocycles. The van der Waals surface area contributed by atoms with Crippen LogP contribution < -0.4 is 0 Å². The van der Waals surface area contributed by atoms with Crippen molar-refractivity contribution in [1.29, 1.82) is 0 Å². The molecule has 0 rings (SSSR count). The maximum atomic E-state index is 0. The molecule has 0 aromatic rings. The molecule has 0 aliphatic carbocycles. The molecule has 0 saturated carbocycles. The zero-order chi connectivity index (χ0) is 0. The number of hydrogen-bond acceptors (Lipinski definition) is 0. The predicted molar refractivity (Wildman–Crippen MR) is 34.2 cm³/mol. The first kappa shape index (κ1) is 32.8. The first-order valence-corrected chi connectivity index (χ1v) is 0. The molecule has 0 unspecified atom stereocenters. The van der Waals surface area contributed by atoms with Crippen LogP contribution in [0.5, 0.6) is 0 Å². The van der Waals surface area contributed by atoms with Gasteiger partial charge in [-0.2, -0.15) is 0 Å². The summed E-state index contributed by atoms with van der Waals surface area (Å²) in [5.74, 6) is 0. The van der Waals surface area contributed by atoms with E-state index in [0.717, 1.165) is 0 Å². The largest absolute Gasteiger partial charge is 0 e. The van der Waals surface area contributed by atoms with Crippen molar-refractivity contribution in [3.8, 4) is 0 Å². The topological polar surface area (TPSA) is 0 Å². The Labute approximate surface area is 143 Å². The molecule has 0 atom stereocenters. The van der Waals surface area contributed by atoms with Crippen LogP contribution in [0.3, 0.4) is 0 Å². The van der Waals surface area contributed by atoms with E-state index in [2.05, 4.69) is 0 Å². The van der Waals surface area contributed by atoms with E-state index >= 15 is 0 Å². The van der Waals surface area contributed by atoms with Crippen molar-refractivity contribution in [3.05, 3.63) is 0 Å². The third-order valence-electron chi connectivity index (χ3n) is 0. The van der Waals surface area contributed by atoms with E-state index < -0.39 is 0 Å². The van der Waals surface area contributed by atoms with Gasteiger partial charge in [0.15, 0.2) is 0 Å². The van der Waals surface area contributed by atoms with Crippen LogP contribution in [-0.2, 0) is 19.5 Å². The Kier molecular flexibility index (Phi) is 152. The zero-order valence-corrected chi connectivity index (χ0v) is 9.88. The van der Waals surface area contributed by atoms with Crippen molar-refractivity contribution in [2.45, 2.75) is 0 Å². The fourth-order valence-corrected chi connectivity index (χ4v) is 0. The standard InChI is InChI=1S/Bi.Ca.Li.Sr.Zn.8H. The Morgan fingerprint density at radius 2 is 1.00 bits per heavy atom. The van der Waals surface area contributed by atoms with E-state index in [0.29, 0.717) is 0 Å². The minimum absolute atomic E-state index is 0. The molecule has 0 heterocycles. The maximum absolute atomic E-state index is 0. The molecule has 0 aliphatic rings. The zero-order valence-electron chi connectivity index (χ0n) is 1.41. The molecule has 0 radical (unpaired) electrons. The normalized spacial score (nSPS) is 0. The molecule has 0 aromatic carbocycles. The average Bonchev–Trinajstić information content (AvgIpc) is 0. The summed E-state index contributed by atoms with van der Waals surface area (Å²) in [7, 11) is 0. The van der Waals surface area contributed by atoms with Crippen molar-refractivity contribution in [1.82, 2.24) is 0 Å². The van der Waals surface area contributed by atoms with Crippen LogP contribution in [0, 0.1) is 0 Å². The molecular formula is H8BiCaLiSrZn. The summed E-state index contributed by atoms with van der Waals surface area (Å²) in [6, 6.07) is 0. The van der Waals surface area contributed by atoms with Gasteiger partial charge in [-0.1, -0.05) is 0 Å². The van der Waals surface area contributed by atoms with E-state index in [4.69, 9.17) is 0 Å². The molecule has 0 bridgehead atoms. The van der Waals surface area contributed by atoms with E-state index in [1.54, 1.807) is 0 Å². The maximum Gasteiger partial charge on any atom is 0 e. The first-order chi connectivity index (χ1) is 0. The second-order valence-corrected chi connectivity index (χ2v) is 0. The van der Waals surface area contributed by atoms with Gasteiger partial charge < -0.3 is 0 Å². The van der Waals surface area contributed by atoms with Gasteiger partial charge in [0.1, 0.15) is 0 Å². The van der Waals surface area contributed by atoms with Crippen molar-refractivity contribution in [2.75, 3.05) is 0 Å². The fourth-order valence-electron chi connectivity index (χ4n) is 0. The summed E-state index contributed by atoms with van der Waals surface area (Å²) in [6.45, 7) is 0. The molecule has 5 heavy (non-hydrogen) atoms. The molecule has 0 aromatic heterocycles. The summed E-state index contributed by atoms with van der Waals surface area (Å²) in [4.78, 5) is 0. The van der Waals surface area contributed by atoms with Gasteiger partial charge >= 0.3 is 128 Å². The van der Waals surface area contributed by atoms with E-state index in [9.17, 15) is 0 Å². The Balaban J connectivity index is 0. The monoisotopic (exact) mass is 416 g/mol. The Hall–Kier alpha value is 4.84. The molecule has 0 amide bonds. The van der Waals surface area contributed by atoms with Gasteiger partial charge in [-0.25, -0.2) is 0 Å². The van der Waals surface area contributed by atoms with Crippen LogP contribution in [0.4, 0.5) is 0 Å². The van der Waals surface area contributed by atoms with Gasteiger partial charge in [0, 0.05) is 19.5 Å². The Bertz CT molecular complexity index is 11.6. The van der Waals surface area contributed by atoms with Crippen LogP contribution in [0.2, 0.25) is 0 Å². The van der Waals surface area contributed by atoms with Crippen LogP contribution in [0.15, 0.2) is 0 Å². The van der Waals surface area contributed by atoms with Crippen LogP contribution in [-0.4, -0.2) is 128 Å². The van der Waals surface area contributed by atoms with Crippen molar-refractivity contribution in [3.63, 3.8) is 0 Å². The second kappa shape index (κ2) is 23.2. The molecule has 0 aliphatic heterocycles. The van der Waals surface area contributed by atoms with Crippen LogP contribution in [0.1, 0.15) is 0 Å². The Morgan fingerprint density at radius 1 is 1.00 bits per heavy atom. The van der Waals surface area contributed by atoms with Gasteiger partial charge in [0.2, 0.25) is 0 Å². The van der Waals surface area contributed by atoms with Crippen LogP contribution in [0.25, 0.3) is 0 Å². The molecule has 0 N–H and O–H groups in total. The summed E-state index contributed by atoms with van der Waals surface area (Å²) in [5.41, 5.74) is 0. The fraction of sp³-hybridized carbons (Fsp3) is 0.